The van der Waals surface area contributed by atoms with Crippen LogP contribution in [0.4, 0.5) is 0 Å². The van der Waals surface area contributed by atoms with Gasteiger partial charge in [-0.05, 0) is 41.2 Å². The van der Waals surface area contributed by atoms with Gasteiger partial charge >= 0.3 is 0 Å². The van der Waals surface area contributed by atoms with Gasteiger partial charge in [0.15, 0.2) is 0 Å². The summed E-state index contributed by atoms with van der Waals surface area (Å²) in [5.74, 6) is 0. The lowest BCUT2D eigenvalue weighted by molar-refractivity contribution is 0.0949. The Bertz CT molecular complexity index is 151. The summed E-state index contributed by atoms with van der Waals surface area (Å²) in [5.41, 5.74) is 0. The highest BCUT2D eigenvalue weighted by molar-refractivity contribution is 4.74. The molecule has 0 spiro atoms. The Morgan fingerprint density at radius 1 is 1.20 bits per heavy atom. The first-order chi connectivity index (χ1) is 7.02. The number of methoxy groups -OCH3 is 1. The van der Waals surface area contributed by atoms with E-state index >= 15 is 0 Å². The molecule has 3 nitrogen and oxygen atoms in total. The van der Waals surface area contributed by atoms with E-state index in [1.165, 1.54) is 6.42 Å². The molecule has 0 saturated heterocycles. The zero-order chi connectivity index (χ0) is 11.8. The van der Waals surface area contributed by atoms with Crippen molar-refractivity contribution in [1.82, 2.24) is 10.2 Å². The lowest BCUT2D eigenvalue weighted by Crippen LogP contribution is -2.43. The van der Waals surface area contributed by atoms with Gasteiger partial charge in [0.25, 0.3) is 0 Å². The Balaban J connectivity index is 4.09. The highest BCUT2D eigenvalue weighted by Crippen LogP contribution is 2.10. The van der Waals surface area contributed by atoms with Crippen molar-refractivity contribution < 1.29 is 4.74 Å². The third-order valence-corrected chi connectivity index (χ3v) is 2.97. The molecule has 15 heavy (non-hydrogen) atoms. The fourth-order valence-corrected chi connectivity index (χ4v) is 1.95. The lowest BCUT2D eigenvalue weighted by atomic mass is 10.1. The van der Waals surface area contributed by atoms with Crippen molar-refractivity contribution in [3.63, 3.8) is 0 Å². The van der Waals surface area contributed by atoms with Gasteiger partial charge in [-0.25, -0.2) is 0 Å². The summed E-state index contributed by atoms with van der Waals surface area (Å²) in [6.45, 7) is 10.9. The number of ether oxygens (including phenoxy) is 1. The van der Waals surface area contributed by atoms with Gasteiger partial charge in [-0.2, -0.15) is 0 Å². The molecule has 92 valence electrons. The summed E-state index contributed by atoms with van der Waals surface area (Å²) in [6, 6.07) is 1.76. The van der Waals surface area contributed by atoms with E-state index in [0.717, 1.165) is 13.2 Å². The highest BCUT2D eigenvalue weighted by Gasteiger charge is 2.18. The maximum atomic E-state index is 5.15. The van der Waals surface area contributed by atoms with Gasteiger partial charge in [-0.3, -0.25) is 4.90 Å². The van der Waals surface area contributed by atoms with E-state index in [0.29, 0.717) is 18.1 Å². The predicted molar refractivity (Wildman–Crippen MR) is 66.3 cm³/mol. The second-order valence-electron chi connectivity index (χ2n) is 4.60. The average molecular weight is 216 g/mol. The molecule has 0 rings (SSSR count). The molecule has 0 aromatic heterocycles. The van der Waals surface area contributed by atoms with Gasteiger partial charge < -0.3 is 10.1 Å². The van der Waals surface area contributed by atoms with Crippen molar-refractivity contribution in [2.45, 2.75) is 52.2 Å². The minimum absolute atomic E-state index is 0.573. The Kier molecular flexibility index (Phi) is 8.02. The van der Waals surface area contributed by atoms with Crippen LogP contribution in [0.2, 0.25) is 0 Å². The minimum atomic E-state index is 0.573. The lowest BCUT2D eigenvalue weighted by Gasteiger charge is -2.33. The Morgan fingerprint density at radius 2 is 1.80 bits per heavy atom. The van der Waals surface area contributed by atoms with E-state index in [9.17, 15) is 0 Å². The number of hydrogen-bond donors (Lipinski definition) is 1. The van der Waals surface area contributed by atoms with Gasteiger partial charge in [-0.1, -0.05) is 0 Å². The van der Waals surface area contributed by atoms with Gasteiger partial charge in [0.1, 0.15) is 0 Å². The molecule has 0 amide bonds. The van der Waals surface area contributed by atoms with Crippen molar-refractivity contribution in [2.75, 3.05) is 27.3 Å². The largest absolute Gasteiger partial charge is 0.383 e. The standard InChI is InChI=1S/C12H28N2O/c1-10(2)14(7-8-15-6)12(4)9-11(3)13-5/h10-13H,7-9H2,1-6H3. The van der Waals surface area contributed by atoms with Gasteiger partial charge in [-0.15, -0.1) is 0 Å². The summed E-state index contributed by atoms with van der Waals surface area (Å²) in [4.78, 5) is 2.50. The molecule has 2 atom stereocenters. The predicted octanol–water partition coefficient (Wildman–Crippen LogP) is 1.73. The number of nitrogens with one attached hydrogen (secondary N) is 1. The molecule has 0 heterocycles. The molecule has 0 aliphatic heterocycles. The van der Waals surface area contributed by atoms with E-state index in [-0.39, 0.29) is 0 Å². The van der Waals surface area contributed by atoms with Crippen molar-refractivity contribution in [3.8, 4) is 0 Å². The molecule has 0 saturated carbocycles. The first kappa shape index (κ1) is 14.9. The number of rotatable bonds is 8. The molecule has 1 N–H and O–H groups in total. The van der Waals surface area contributed by atoms with Gasteiger partial charge in [0.2, 0.25) is 0 Å². The number of hydrogen-bond acceptors (Lipinski definition) is 3. The zero-order valence-electron chi connectivity index (χ0n) is 11.2. The van der Waals surface area contributed by atoms with E-state index in [1.807, 2.05) is 7.05 Å². The fraction of sp³-hybridized carbons (Fsp3) is 1.00. The summed E-state index contributed by atoms with van der Waals surface area (Å²) < 4.78 is 5.15. The van der Waals surface area contributed by atoms with E-state index in [4.69, 9.17) is 4.74 Å². The highest BCUT2D eigenvalue weighted by atomic mass is 16.5. The Morgan fingerprint density at radius 3 is 2.20 bits per heavy atom. The smallest absolute Gasteiger partial charge is 0.0589 e. The Labute approximate surface area is 95.2 Å². The first-order valence-electron chi connectivity index (χ1n) is 5.94. The molecule has 2 unspecified atom stereocenters. The molecule has 0 bridgehead atoms. The molecule has 0 aliphatic carbocycles. The third kappa shape index (κ3) is 6.13. The van der Waals surface area contributed by atoms with Crippen LogP contribution in [-0.2, 0) is 4.74 Å². The second-order valence-corrected chi connectivity index (χ2v) is 4.60. The van der Waals surface area contributed by atoms with E-state index < -0.39 is 0 Å². The zero-order valence-corrected chi connectivity index (χ0v) is 11.2. The molecule has 0 aromatic carbocycles. The summed E-state index contributed by atoms with van der Waals surface area (Å²) in [6.07, 6.45) is 1.18. The van der Waals surface area contributed by atoms with Crippen LogP contribution in [0.25, 0.3) is 0 Å². The van der Waals surface area contributed by atoms with Crippen LogP contribution in [0.5, 0.6) is 0 Å². The summed E-state index contributed by atoms with van der Waals surface area (Å²) in [7, 11) is 3.78. The SMILES string of the molecule is CNC(C)CC(C)N(CCOC)C(C)C. The van der Waals surface area contributed by atoms with Crippen molar-refractivity contribution >= 4 is 0 Å². The van der Waals surface area contributed by atoms with Crippen LogP contribution >= 0.6 is 0 Å². The second kappa shape index (κ2) is 8.08. The molecular formula is C12H28N2O. The van der Waals surface area contributed by atoms with Crippen LogP contribution in [0.1, 0.15) is 34.1 Å². The Hall–Kier alpha value is -0.120. The third-order valence-electron chi connectivity index (χ3n) is 2.97. The average Bonchev–Trinajstić information content (AvgIpc) is 2.17. The maximum absolute atomic E-state index is 5.15. The van der Waals surface area contributed by atoms with Crippen LogP contribution in [0.3, 0.4) is 0 Å². The molecule has 0 aliphatic rings. The van der Waals surface area contributed by atoms with E-state index in [2.05, 4.69) is 37.9 Å². The first-order valence-corrected chi connectivity index (χ1v) is 5.94. The van der Waals surface area contributed by atoms with Gasteiger partial charge in [0, 0.05) is 31.8 Å². The molecular weight excluding hydrogens is 188 g/mol. The van der Waals surface area contributed by atoms with Crippen LogP contribution in [0, 0.1) is 0 Å². The number of nitrogens with zero attached hydrogens (tertiary/aromatic N) is 1. The molecule has 3 heteroatoms. The minimum Gasteiger partial charge on any atom is -0.383 e. The van der Waals surface area contributed by atoms with Crippen LogP contribution in [-0.4, -0.2) is 50.3 Å². The molecule has 0 aromatic rings. The molecule has 0 radical (unpaired) electrons. The summed E-state index contributed by atoms with van der Waals surface area (Å²) in [5, 5.41) is 3.29. The maximum Gasteiger partial charge on any atom is 0.0589 e. The molecule has 0 fully saturated rings. The monoisotopic (exact) mass is 216 g/mol. The normalized spacial score (nSPS) is 16.0. The topological polar surface area (TPSA) is 24.5 Å². The summed E-state index contributed by atoms with van der Waals surface area (Å²) >= 11 is 0. The van der Waals surface area contributed by atoms with Crippen molar-refractivity contribution in [1.29, 1.82) is 0 Å². The van der Waals surface area contributed by atoms with Gasteiger partial charge in [0.05, 0.1) is 6.61 Å². The van der Waals surface area contributed by atoms with Crippen molar-refractivity contribution in [3.05, 3.63) is 0 Å². The quantitative estimate of drug-likeness (QED) is 0.669. The van der Waals surface area contributed by atoms with E-state index in [1.54, 1.807) is 7.11 Å². The van der Waals surface area contributed by atoms with Crippen LogP contribution in [0.15, 0.2) is 0 Å². The van der Waals surface area contributed by atoms with Crippen molar-refractivity contribution in [2.24, 2.45) is 0 Å². The van der Waals surface area contributed by atoms with Crippen LogP contribution < -0.4 is 5.32 Å². The fourth-order valence-electron chi connectivity index (χ4n) is 1.95.